The van der Waals surface area contributed by atoms with E-state index in [4.69, 9.17) is 5.26 Å². The standard InChI is InChI=1S/C11H16N4O2/c1-8-9(7-12)11(15(3)13-8)14(2)6-5-10(16)17-4/h5-6H2,1-4H3. The third-order valence-corrected chi connectivity index (χ3v) is 2.54. The Morgan fingerprint density at radius 3 is 2.82 bits per heavy atom. The maximum Gasteiger partial charge on any atom is 0.307 e. The summed E-state index contributed by atoms with van der Waals surface area (Å²) in [6.07, 6.45) is 0.280. The molecule has 17 heavy (non-hydrogen) atoms. The Kier molecular flexibility index (Phi) is 4.10. The van der Waals surface area contributed by atoms with Gasteiger partial charge in [-0.1, -0.05) is 0 Å². The topological polar surface area (TPSA) is 71.2 Å². The third kappa shape index (κ3) is 2.75. The van der Waals surface area contributed by atoms with E-state index in [1.165, 1.54) is 7.11 Å². The van der Waals surface area contributed by atoms with Crippen LogP contribution in [-0.2, 0) is 16.6 Å². The summed E-state index contributed by atoms with van der Waals surface area (Å²) in [5, 5.41) is 13.2. The van der Waals surface area contributed by atoms with E-state index in [1.807, 2.05) is 11.9 Å². The number of methoxy groups -OCH3 is 1. The van der Waals surface area contributed by atoms with Crippen molar-refractivity contribution in [3.05, 3.63) is 11.3 Å². The SMILES string of the molecule is COC(=O)CCN(C)c1c(C#N)c(C)nn1C. The van der Waals surface area contributed by atoms with Gasteiger partial charge < -0.3 is 9.64 Å². The lowest BCUT2D eigenvalue weighted by molar-refractivity contribution is -0.140. The number of carbonyl (C=O) groups is 1. The van der Waals surface area contributed by atoms with Crippen molar-refractivity contribution in [2.75, 3.05) is 25.6 Å². The van der Waals surface area contributed by atoms with E-state index in [0.717, 1.165) is 0 Å². The first-order valence-electron chi connectivity index (χ1n) is 5.23. The maximum absolute atomic E-state index is 11.1. The van der Waals surface area contributed by atoms with E-state index in [2.05, 4.69) is 15.9 Å². The predicted molar refractivity (Wildman–Crippen MR) is 62.6 cm³/mol. The van der Waals surface area contributed by atoms with E-state index in [-0.39, 0.29) is 12.4 Å². The highest BCUT2D eigenvalue weighted by Crippen LogP contribution is 2.21. The number of esters is 1. The summed E-state index contributed by atoms with van der Waals surface area (Å²) in [6, 6.07) is 2.13. The lowest BCUT2D eigenvalue weighted by Crippen LogP contribution is -2.24. The molecule has 0 fully saturated rings. The number of hydrogen-bond donors (Lipinski definition) is 0. The first kappa shape index (κ1) is 13.0. The second-order valence-electron chi connectivity index (χ2n) is 3.77. The summed E-state index contributed by atoms with van der Waals surface area (Å²) in [4.78, 5) is 12.9. The Morgan fingerprint density at radius 2 is 2.29 bits per heavy atom. The molecule has 0 saturated heterocycles. The molecule has 6 heteroatoms. The molecule has 1 heterocycles. The Hall–Kier alpha value is -2.03. The smallest absolute Gasteiger partial charge is 0.307 e. The van der Waals surface area contributed by atoms with E-state index >= 15 is 0 Å². The summed E-state index contributed by atoms with van der Waals surface area (Å²) in [7, 11) is 4.95. The zero-order valence-corrected chi connectivity index (χ0v) is 10.5. The number of nitriles is 1. The van der Waals surface area contributed by atoms with Gasteiger partial charge in [0, 0.05) is 20.6 Å². The minimum absolute atomic E-state index is 0.269. The fraction of sp³-hybridized carbons (Fsp3) is 0.545. The quantitative estimate of drug-likeness (QED) is 0.716. The molecule has 1 rings (SSSR count). The van der Waals surface area contributed by atoms with Crippen LogP contribution >= 0.6 is 0 Å². The summed E-state index contributed by atoms with van der Waals surface area (Å²) in [5.41, 5.74) is 1.23. The zero-order valence-electron chi connectivity index (χ0n) is 10.5. The molecule has 0 saturated carbocycles. The zero-order chi connectivity index (χ0) is 13.0. The van der Waals surface area contributed by atoms with Crippen LogP contribution in [0.5, 0.6) is 0 Å². The molecule has 0 atom stereocenters. The van der Waals surface area contributed by atoms with E-state index in [0.29, 0.717) is 23.6 Å². The molecule has 0 N–H and O–H groups in total. The largest absolute Gasteiger partial charge is 0.469 e. The van der Waals surface area contributed by atoms with Crippen molar-refractivity contribution in [3.8, 4) is 6.07 Å². The van der Waals surface area contributed by atoms with Gasteiger partial charge >= 0.3 is 5.97 Å². The Labute approximate surface area is 100 Å². The average molecular weight is 236 g/mol. The van der Waals surface area contributed by atoms with Crippen LogP contribution in [-0.4, -0.2) is 36.5 Å². The van der Waals surface area contributed by atoms with Crippen LogP contribution in [0.15, 0.2) is 0 Å². The van der Waals surface area contributed by atoms with Crippen molar-refractivity contribution in [1.82, 2.24) is 9.78 Å². The number of aromatic nitrogens is 2. The van der Waals surface area contributed by atoms with Crippen molar-refractivity contribution in [3.63, 3.8) is 0 Å². The van der Waals surface area contributed by atoms with Gasteiger partial charge in [-0.05, 0) is 6.92 Å². The van der Waals surface area contributed by atoms with Gasteiger partial charge in [0.05, 0.1) is 19.2 Å². The molecule has 0 amide bonds. The van der Waals surface area contributed by atoms with Gasteiger partial charge in [-0.3, -0.25) is 9.48 Å². The Balaban J connectivity index is 2.86. The second-order valence-corrected chi connectivity index (χ2v) is 3.77. The molecule has 1 aromatic rings. The van der Waals surface area contributed by atoms with Crippen molar-refractivity contribution in [1.29, 1.82) is 5.26 Å². The molecule has 0 radical (unpaired) electrons. The number of anilines is 1. The number of hydrogen-bond acceptors (Lipinski definition) is 5. The van der Waals surface area contributed by atoms with Gasteiger partial charge in [-0.25, -0.2) is 0 Å². The predicted octanol–water partition coefficient (Wildman–Crippen LogP) is 0.599. The molecule has 1 aromatic heterocycles. The normalized spacial score (nSPS) is 9.82. The van der Waals surface area contributed by atoms with Crippen LogP contribution < -0.4 is 4.90 Å². The third-order valence-electron chi connectivity index (χ3n) is 2.54. The number of rotatable bonds is 4. The summed E-state index contributed by atoms with van der Waals surface area (Å²) >= 11 is 0. The maximum atomic E-state index is 11.1. The number of ether oxygens (including phenoxy) is 1. The molecule has 92 valence electrons. The van der Waals surface area contributed by atoms with Crippen LogP contribution in [0, 0.1) is 18.3 Å². The highest BCUT2D eigenvalue weighted by Gasteiger charge is 2.17. The minimum Gasteiger partial charge on any atom is -0.469 e. The molecule has 0 bridgehead atoms. The molecular weight excluding hydrogens is 220 g/mol. The molecule has 0 aliphatic rings. The van der Waals surface area contributed by atoms with Gasteiger partial charge in [-0.15, -0.1) is 0 Å². The lowest BCUT2D eigenvalue weighted by Gasteiger charge is -2.18. The number of carbonyl (C=O) groups excluding carboxylic acids is 1. The van der Waals surface area contributed by atoms with E-state index in [9.17, 15) is 4.79 Å². The van der Waals surface area contributed by atoms with Crippen LogP contribution in [0.4, 0.5) is 5.82 Å². The fourth-order valence-corrected chi connectivity index (χ4v) is 1.68. The van der Waals surface area contributed by atoms with E-state index in [1.54, 1.807) is 18.7 Å². The van der Waals surface area contributed by atoms with Crippen molar-refractivity contribution >= 4 is 11.8 Å². The number of nitrogens with zero attached hydrogens (tertiary/aromatic N) is 4. The van der Waals surface area contributed by atoms with E-state index < -0.39 is 0 Å². The Bertz CT molecular complexity index is 459. The Morgan fingerprint density at radius 1 is 1.65 bits per heavy atom. The monoisotopic (exact) mass is 236 g/mol. The molecular formula is C11H16N4O2. The van der Waals surface area contributed by atoms with Crippen molar-refractivity contribution in [2.24, 2.45) is 7.05 Å². The molecule has 0 aromatic carbocycles. The van der Waals surface area contributed by atoms with Gasteiger partial charge in [0.15, 0.2) is 0 Å². The summed E-state index contributed by atoms with van der Waals surface area (Å²) in [5.74, 6) is 0.447. The first-order valence-corrected chi connectivity index (χ1v) is 5.23. The summed E-state index contributed by atoms with van der Waals surface area (Å²) < 4.78 is 6.22. The fourth-order valence-electron chi connectivity index (χ4n) is 1.68. The van der Waals surface area contributed by atoms with Gasteiger partial charge in [-0.2, -0.15) is 10.4 Å². The highest BCUT2D eigenvalue weighted by molar-refractivity contribution is 5.70. The summed E-state index contributed by atoms with van der Waals surface area (Å²) in [6.45, 7) is 2.27. The van der Waals surface area contributed by atoms with Gasteiger partial charge in [0.2, 0.25) is 0 Å². The van der Waals surface area contributed by atoms with Crippen LogP contribution in [0.3, 0.4) is 0 Å². The molecule has 6 nitrogen and oxygen atoms in total. The molecule has 0 aliphatic carbocycles. The number of aryl methyl sites for hydroxylation is 2. The van der Waals surface area contributed by atoms with Crippen LogP contribution in [0.2, 0.25) is 0 Å². The molecule has 0 aliphatic heterocycles. The lowest BCUT2D eigenvalue weighted by atomic mass is 10.2. The average Bonchev–Trinajstić information content (AvgIpc) is 2.59. The first-order chi connectivity index (χ1) is 8.01. The van der Waals surface area contributed by atoms with Gasteiger partial charge in [0.25, 0.3) is 0 Å². The molecule has 0 unspecified atom stereocenters. The molecule has 0 spiro atoms. The second kappa shape index (κ2) is 5.34. The van der Waals surface area contributed by atoms with Gasteiger partial charge in [0.1, 0.15) is 17.5 Å². The van der Waals surface area contributed by atoms with Crippen molar-refractivity contribution < 1.29 is 9.53 Å². The highest BCUT2D eigenvalue weighted by atomic mass is 16.5. The van der Waals surface area contributed by atoms with Crippen molar-refractivity contribution in [2.45, 2.75) is 13.3 Å². The van der Waals surface area contributed by atoms with Crippen LogP contribution in [0.1, 0.15) is 17.7 Å². The minimum atomic E-state index is -0.269. The van der Waals surface area contributed by atoms with Crippen LogP contribution in [0.25, 0.3) is 0 Å².